The number of ether oxygens (including phenoxy) is 1. The van der Waals surface area contributed by atoms with Crippen LogP contribution in [0.4, 0.5) is 41.3 Å². The highest BCUT2D eigenvalue weighted by Crippen LogP contribution is 2.36. The molecule has 1 fully saturated rings. The predicted molar refractivity (Wildman–Crippen MR) is 129 cm³/mol. The fraction of sp³-hybridized carbons (Fsp3) is 0.286. The number of halogens is 4. The lowest BCUT2D eigenvalue weighted by Gasteiger charge is -2.34. The molecule has 0 radical (unpaired) electrons. The Bertz CT molecular complexity index is 1220. The van der Waals surface area contributed by atoms with E-state index in [-0.39, 0.29) is 28.0 Å². The number of thiophene rings is 1. The van der Waals surface area contributed by atoms with Crippen LogP contribution in [0.2, 0.25) is 5.02 Å². The maximum absolute atomic E-state index is 13.2. The molecule has 186 valence electrons. The number of aromatic nitrogens is 2. The largest absolute Gasteiger partial charge is 0.573 e. The van der Waals surface area contributed by atoms with Crippen LogP contribution in [0.1, 0.15) is 10.4 Å². The molecule has 0 saturated carbocycles. The predicted octanol–water partition coefficient (Wildman–Crippen LogP) is 4.43. The van der Waals surface area contributed by atoms with Crippen LogP contribution in [-0.2, 0) is 0 Å². The van der Waals surface area contributed by atoms with Gasteiger partial charge in [0.2, 0.25) is 5.95 Å². The molecular formula is C21H21ClF3N7O2S. The Hall–Kier alpha value is -3.29. The number of anilines is 5. The van der Waals surface area contributed by atoms with Crippen molar-refractivity contribution in [3.63, 3.8) is 0 Å². The standard InChI is InChI=1S/C21H21ClF3N7O2S/c1-31-5-7-32(8-6-31)12-2-3-15(16(10-12)34-21(23,24)25)28-20-27-11-14(22)18(30-20)29-19-13(17(26)33)4-9-35-19/h2-4,9-11H,5-8H2,1H3,(H2,26,33)(H2,27,28,29,30). The zero-order valence-electron chi connectivity index (χ0n) is 18.4. The van der Waals surface area contributed by atoms with Crippen molar-refractivity contribution in [1.29, 1.82) is 0 Å². The molecule has 0 atom stereocenters. The smallest absolute Gasteiger partial charge is 0.403 e. The van der Waals surface area contributed by atoms with Gasteiger partial charge in [-0.05, 0) is 30.6 Å². The molecule has 1 saturated heterocycles. The van der Waals surface area contributed by atoms with Crippen LogP contribution >= 0.6 is 22.9 Å². The first kappa shape index (κ1) is 24.8. The number of benzene rings is 1. The number of primary amides is 1. The third-order valence-corrected chi connectivity index (χ3v) is 6.32. The Labute approximate surface area is 207 Å². The fourth-order valence-electron chi connectivity index (χ4n) is 3.43. The SMILES string of the molecule is CN1CCN(c2ccc(Nc3ncc(Cl)c(Nc4sccc4C(N)=O)n3)c(OC(F)(F)F)c2)CC1. The van der Waals surface area contributed by atoms with Crippen LogP contribution in [0.15, 0.2) is 35.8 Å². The first-order chi connectivity index (χ1) is 16.6. The molecular weight excluding hydrogens is 507 g/mol. The normalized spacial score (nSPS) is 14.6. The molecule has 0 aliphatic carbocycles. The van der Waals surface area contributed by atoms with Gasteiger partial charge in [0.05, 0.1) is 17.4 Å². The maximum atomic E-state index is 13.2. The molecule has 4 N–H and O–H groups in total. The number of nitrogens with two attached hydrogens (primary N) is 1. The summed E-state index contributed by atoms with van der Waals surface area (Å²) in [5.74, 6) is -0.946. The van der Waals surface area contributed by atoms with Crippen LogP contribution in [0.25, 0.3) is 0 Å². The molecule has 1 amide bonds. The van der Waals surface area contributed by atoms with Crippen molar-refractivity contribution >= 4 is 57.0 Å². The Balaban J connectivity index is 1.60. The van der Waals surface area contributed by atoms with Gasteiger partial charge in [0, 0.05) is 37.9 Å². The average Bonchev–Trinajstić information content (AvgIpc) is 3.25. The second-order valence-electron chi connectivity index (χ2n) is 7.69. The number of carbonyl (C=O) groups excluding carboxylic acids is 1. The first-order valence-electron chi connectivity index (χ1n) is 10.4. The van der Waals surface area contributed by atoms with Crippen molar-refractivity contribution in [2.45, 2.75) is 6.36 Å². The number of hydrogen-bond donors (Lipinski definition) is 3. The van der Waals surface area contributed by atoms with Crippen molar-refractivity contribution in [3.8, 4) is 5.75 Å². The Kier molecular flexibility index (Phi) is 7.19. The first-order valence-corrected chi connectivity index (χ1v) is 11.6. The summed E-state index contributed by atoms with van der Waals surface area (Å²) < 4.78 is 43.7. The number of rotatable bonds is 7. The Morgan fingerprint density at radius 2 is 1.94 bits per heavy atom. The highest BCUT2D eigenvalue weighted by molar-refractivity contribution is 7.14. The molecule has 35 heavy (non-hydrogen) atoms. The van der Waals surface area contributed by atoms with E-state index in [2.05, 4.69) is 30.2 Å². The van der Waals surface area contributed by atoms with Gasteiger partial charge >= 0.3 is 6.36 Å². The van der Waals surface area contributed by atoms with Crippen LogP contribution in [-0.4, -0.2) is 60.4 Å². The van der Waals surface area contributed by atoms with E-state index in [0.29, 0.717) is 23.8 Å². The van der Waals surface area contributed by atoms with Gasteiger partial charge in [0.1, 0.15) is 10.0 Å². The zero-order valence-corrected chi connectivity index (χ0v) is 20.0. The van der Waals surface area contributed by atoms with Gasteiger partial charge in [-0.2, -0.15) is 4.98 Å². The minimum Gasteiger partial charge on any atom is -0.403 e. The molecule has 2 aromatic heterocycles. The van der Waals surface area contributed by atoms with Crippen LogP contribution < -0.4 is 26.0 Å². The average molecular weight is 528 g/mol. The lowest BCUT2D eigenvalue weighted by atomic mass is 10.2. The van der Waals surface area contributed by atoms with Crippen molar-refractivity contribution < 1.29 is 22.7 Å². The molecule has 1 aromatic carbocycles. The van der Waals surface area contributed by atoms with Crippen molar-refractivity contribution in [1.82, 2.24) is 14.9 Å². The highest BCUT2D eigenvalue weighted by Gasteiger charge is 2.33. The molecule has 14 heteroatoms. The van der Waals surface area contributed by atoms with Crippen molar-refractivity contribution in [2.75, 3.05) is 48.8 Å². The van der Waals surface area contributed by atoms with E-state index in [9.17, 15) is 18.0 Å². The second-order valence-corrected chi connectivity index (χ2v) is 9.01. The number of likely N-dealkylation sites (N-methyl/N-ethyl adjacent to an activating group) is 1. The molecule has 0 bridgehead atoms. The number of hydrogen-bond acceptors (Lipinski definition) is 9. The summed E-state index contributed by atoms with van der Waals surface area (Å²) in [6, 6.07) is 6.06. The zero-order chi connectivity index (χ0) is 25.2. The van der Waals surface area contributed by atoms with Gasteiger partial charge in [0.25, 0.3) is 5.91 Å². The van der Waals surface area contributed by atoms with Crippen LogP contribution in [0.3, 0.4) is 0 Å². The van der Waals surface area contributed by atoms with E-state index in [1.165, 1.54) is 29.7 Å². The summed E-state index contributed by atoms with van der Waals surface area (Å²) in [6.07, 6.45) is -3.62. The van der Waals surface area contributed by atoms with Crippen LogP contribution in [0.5, 0.6) is 5.75 Å². The number of nitrogens with zero attached hydrogens (tertiary/aromatic N) is 4. The van der Waals surface area contributed by atoms with Crippen molar-refractivity contribution in [2.24, 2.45) is 5.73 Å². The summed E-state index contributed by atoms with van der Waals surface area (Å²) in [4.78, 5) is 24.0. The number of carbonyl (C=O) groups is 1. The third-order valence-electron chi connectivity index (χ3n) is 5.21. The lowest BCUT2D eigenvalue weighted by molar-refractivity contribution is -0.274. The summed E-state index contributed by atoms with van der Waals surface area (Å²) in [7, 11) is 1.99. The lowest BCUT2D eigenvalue weighted by Crippen LogP contribution is -2.44. The van der Waals surface area contributed by atoms with Crippen molar-refractivity contribution in [3.05, 3.63) is 46.4 Å². The van der Waals surface area contributed by atoms with E-state index in [4.69, 9.17) is 17.3 Å². The van der Waals surface area contributed by atoms with E-state index < -0.39 is 18.0 Å². The summed E-state index contributed by atoms with van der Waals surface area (Å²) in [6.45, 7) is 2.96. The van der Waals surface area contributed by atoms with E-state index in [0.717, 1.165) is 13.1 Å². The van der Waals surface area contributed by atoms with E-state index in [1.54, 1.807) is 17.5 Å². The Morgan fingerprint density at radius 1 is 1.20 bits per heavy atom. The minimum absolute atomic E-state index is 0.0161. The molecule has 0 unspecified atom stereocenters. The molecule has 3 heterocycles. The molecule has 1 aliphatic rings. The summed E-state index contributed by atoms with van der Waals surface area (Å²) >= 11 is 7.39. The molecule has 0 spiro atoms. The van der Waals surface area contributed by atoms with Gasteiger partial charge in [0.15, 0.2) is 11.6 Å². The molecule has 4 rings (SSSR count). The highest BCUT2D eigenvalue weighted by atomic mass is 35.5. The molecule has 1 aliphatic heterocycles. The number of amides is 1. The third kappa shape index (κ3) is 6.24. The summed E-state index contributed by atoms with van der Waals surface area (Å²) in [5, 5.41) is 7.89. The van der Waals surface area contributed by atoms with E-state index in [1.807, 2.05) is 11.9 Å². The van der Waals surface area contributed by atoms with Gasteiger partial charge in [-0.3, -0.25) is 4.79 Å². The quantitative estimate of drug-likeness (QED) is 0.414. The monoisotopic (exact) mass is 527 g/mol. The number of piperazine rings is 1. The Morgan fingerprint density at radius 3 is 2.63 bits per heavy atom. The van der Waals surface area contributed by atoms with Gasteiger partial charge in [-0.25, -0.2) is 4.98 Å². The molecule has 3 aromatic rings. The van der Waals surface area contributed by atoms with Gasteiger partial charge in [-0.15, -0.1) is 24.5 Å². The maximum Gasteiger partial charge on any atom is 0.573 e. The molecule has 9 nitrogen and oxygen atoms in total. The van der Waals surface area contributed by atoms with E-state index >= 15 is 0 Å². The fourth-order valence-corrected chi connectivity index (χ4v) is 4.36. The summed E-state index contributed by atoms with van der Waals surface area (Å²) in [5.41, 5.74) is 6.24. The number of alkyl halides is 3. The minimum atomic E-state index is -4.89. The van der Waals surface area contributed by atoms with Gasteiger partial charge in [-0.1, -0.05) is 11.6 Å². The topological polar surface area (TPSA) is 109 Å². The second kappa shape index (κ2) is 10.1. The van der Waals surface area contributed by atoms with Gasteiger partial charge < -0.3 is 30.9 Å². The van der Waals surface area contributed by atoms with Crippen LogP contribution in [0, 0.1) is 0 Å². The number of nitrogens with one attached hydrogen (secondary N) is 2.